The molecule has 0 saturated carbocycles. The van der Waals surface area contributed by atoms with Gasteiger partial charge in [-0.1, -0.05) is 27.2 Å². The molecule has 0 aliphatic rings. The highest BCUT2D eigenvalue weighted by atomic mass is 15.3. The van der Waals surface area contributed by atoms with Crippen LogP contribution in [-0.2, 0) is 6.54 Å². The number of nitrogens with zero attached hydrogens (tertiary/aromatic N) is 2. The zero-order valence-electron chi connectivity index (χ0n) is 10.1. The van der Waals surface area contributed by atoms with E-state index in [1.807, 2.05) is 32.5 Å². The normalized spacial score (nSPS) is 9.21. The maximum absolute atomic E-state index is 4.37. The van der Waals surface area contributed by atoms with Crippen molar-refractivity contribution in [3.05, 3.63) is 11.8 Å². The third-order valence-electron chi connectivity index (χ3n) is 1.88. The van der Waals surface area contributed by atoms with E-state index in [4.69, 9.17) is 0 Å². The predicted molar refractivity (Wildman–Crippen MR) is 62.8 cm³/mol. The Morgan fingerprint density at radius 1 is 1.43 bits per heavy atom. The van der Waals surface area contributed by atoms with Gasteiger partial charge in [-0.05, 0) is 13.3 Å². The summed E-state index contributed by atoms with van der Waals surface area (Å²) < 4.78 is 2.03. The van der Waals surface area contributed by atoms with Crippen LogP contribution in [0.1, 0.15) is 39.3 Å². The number of aromatic nitrogens is 2. The third-order valence-corrected chi connectivity index (χ3v) is 1.88. The summed E-state index contributed by atoms with van der Waals surface area (Å²) in [5.74, 6) is 1.11. The predicted octanol–water partition coefficient (Wildman–Crippen LogP) is 3.06. The summed E-state index contributed by atoms with van der Waals surface area (Å²) >= 11 is 0. The first kappa shape index (κ1) is 13.0. The van der Waals surface area contributed by atoms with Crippen molar-refractivity contribution in [2.45, 2.75) is 47.1 Å². The fourth-order valence-electron chi connectivity index (χ4n) is 1.23. The molecule has 0 saturated heterocycles. The van der Waals surface area contributed by atoms with E-state index in [1.54, 1.807) is 0 Å². The molecule has 82 valence electrons. The number of rotatable bonds is 4. The number of aryl methyl sites for hydroxylation is 2. The Labute approximate surface area is 87.5 Å². The first-order valence-corrected chi connectivity index (χ1v) is 5.50. The van der Waals surface area contributed by atoms with Crippen molar-refractivity contribution in [3.8, 4) is 0 Å². The van der Waals surface area contributed by atoms with E-state index in [-0.39, 0.29) is 0 Å². The van der Waals surface area contributed by atoms with E-state index in [0.29, 0.717) is 0 Å². The molecule has 0 aliphatic heterocycles. The van der Waals surface area contributed by atoms with Gasteiger partial charge in [-0.15, -0.1) is 0 Å². The van der Waals surface area contributed by atoms with Gasteiger partial charge in [0, 0.05) is 19.7 Å². The van der Waals surface area contributed by atoms with E-state index < -0.39 is 0 Å². The zero-order valence-corrected chi connectivity index (χ0v) is 10.1. The van der Waals surface area contributed by atoms with E-state index in [9.17, 15) is 0 Å². The smallest absolute Gasteiger partial charge is 0.124 e. The summed E-state index contributed by atoms with van der Waals surface area (Å²) in [6.45, 7) is 9.22. The van der Waals surface area contributed by atoms with Crippen LogP contribution in [0.15, 0.2) is 6.07 Å². The van der Waals surface area contributed by atoms with Gasteiger partial charge < -0.3 is 5.32 Å². The second-order valence-electron chi connectivity index (χ2n) is 3.00. The van der Waals surface area contributed by atoms with Crippen LogP contribution >= 0.6 is 0 Å². The van der Waals surface area contributed by atoms with Crippen LogP contribution in [0, 0.1) is 6.92 Å². The summed E-state index contributed by atoms with van der Waals surface area (Å²) in [4.78, 5) is 0. The molecule has 1 heterocycles. The van der Waals surface area contributed by atoms with Gasteiger partial charge in [0.15, 0.2) is 0 Å². The maximum Gasteiger partial charge on any atom is 0.124 e. The van der Waals surface area contributed by atoms with Gasteiger partial charge in [-0.2, -0.15) is 5.10 Å². The summed E-state index contributed by atoms with van der Waals surface area (Å²) in [7, 11) is 1.93. The van der Waals surface area contributed by atoms with Crippen LogP contribution in [0.5, 0.6) is 0 Å². The minimum atomic E-state index is 1.01. The van der Waals surface area contributed by atoms with E-state index in [2.05, 4.69) is 23.4 Å². The molecule has 1 aromatic rings. The van der Waals surface area contributed by atoms with Crippen LogP contribution in [0.3, 0.4) is 0 Å². The summed E-state index contributed by atoms with van der Waals surface area (Å²) in [6, 6.07) is 2.07. The Morgan fingerprint density at radius 3 is 2.57 bits per heavy atom. The van der Waals surface area contributed by atoms with Gasteiger partial charge in [-0.25, -0.2) is 4.68 Å². The lowest BCUT2D eigenvalue weighted by Gasteiger charge is -2.04. The summed E-state index contributed by atoms with van der Waals surface area (Å²) in [5, 5.41) is 7.50. The SMILES string of the molecule is CC.CCCCn1nc(C)cc1NC. The largest absolute Gasteiger partial charge is 0.373 e. The lowest BCUT2D eigenvalue weighted by molar-refractivity contribution is 0.574. The molecule has 0 spiro atoms. The number of nitrogens with one attached hydrogen (secondary N) is 1. The zero-order chi connectivity index (χ0) is 11.0. The second kappa shape index (κ2) is 7.42. The van der Waals surface area contributed by atoms with Gasteiger partial charge in [0.2, 0.25) is 0 Å². The molecule has 0 atom stereocenters. The molecule has 1 rings (SSSR count). The molecule has 0 unspecified atom stereocenters. The molecule has 0 aromatic carbocycles. The van der Waals surface area contributed by atoms with Gasteiger partial charge in [0.1, 0.15) is 5.82 Å². The lowest BCUT2D eigenvalue weighted by Crippen LogP contribution is -2.04. The van der Waals surface area contributed by atoms with Crippen molar-refractivity contribution >= 4 is 5.82 Å². The second-order valence-corrected chi connectivity index (χ2v) is 3.00. The Bertz CT molecular complexity index is 241. The van der Waals surface area contributed by atoms with Crippen molar-refractivity contribution in [2.24, 2.45) is 0 Å². The van der Waals surface area contributed by atoms with Gasteiger partial charge in [0.25, 0.3) is 0 Å². The molecule has 0 amide bonds. The van der Waals surface area contributed by atoms with Crippen molar-refractivity contribution in [1.82, 2.24) is 9.78 Å². The number of unbranched alkanes of at least 4 members (excludes halogenated alkanes) is 1. The lowest BCUT2D eigenvalue weighted by atomic mass is 10.3. The fourth-order valence-corrected chi connectivity index (χ4v) is 1.23. The minimum Gasteiger partial charge on any atom is -0.373 e. The summed E-state index contributed by atoms with van der Waals surface area (Å²) in [5.41, 5.74) is 1.08. The van der Waals surface area contributed by atoms with Gasteiger partial charge in [-0.3, -0.25) is 0 Å². The maximum atomic E-state index is 4.37. The first-order chi connectivity index (χ1) is 6.77. The molecule has 14 heavy (non-hydrogen) atoms. The van der Waals surface area contributed by atoms with E-state index >= 15 is 0 Å². The molecular formula is C11H23N3. The molecule has 3 heteroatoms. The van der Waals surface area contributed by atoms with Gasteiger partial charge in [0.05, 0.1) is 5.69 Å². The standard InChI is InChI=1S/C9H17N3.C2H6/c1-4-5-6-12-9(10-3)7-8(2)11-12;1-2/h7,10H,4-6H2,1-3H3;1-2H3. The average molecular weight is 197 g/mol. The van der Waals surface area contributed by atoms with Crippen LogP contribution in [0.25, 0.3) is 0 Å². The third kappa shape index (κ3) is 3.81. The molecule has 0 bridgehead atoms. The van der Waals surface area contributed by atoms with Crippen molar-refractivity contribution in [1.29, 1.82) is 0 Å². The highest BCUT2D eigenvalue weighted by Gasteiger charge is 2.01. The Balaban J connectivity index is 0.000000791. The molecular weight excluding hydrogens is 174 g/mol. The Morgan fingerprint density at radius 2 is 2.07 bits per heavy atom. The van der Waals surface area contributed by atoms with Crippen molar-refractivity contribution < 1.29 is 0 Å². The summed E-state index contributed by atoms with van der Waals surface area (Å²) in [6.07, 6.45) is 2.40. The van der Waals surface area contributed by atoms with Crippen LogP contribution in [0.2, 0.25) is 0 Å². The molecule has 1 N–H and O–H groups in total. The quantitative estimate of drug-likeness (QED) is 0.804. The average Bonchev–Trinajstić information content (AvgIpc) is 2.59. The first-order valence-electron chi connectivity index (χ1n) is 5.50. The number of hydrogen-bond donors (Lipinski definition) is 1. The van der Waals surface area contributed by atoms with Crippen molar-refractivity contribution in [3.63, 3.8) is 0 Å². The van der Waals surface area contributed by atoms with E-state index in [1.165, 1.54) is 12.8 Å². The topological polar surface area (TPSA) is 29.9 Å². The van der Waals surface area contributed by atoms with Crippen LogP contribution < -0.4 is 5.32 Å². The monoisotopic (exact) mass is 197 g/mol. The molecule has 0 radical (unpaired) electrons. The fraction of sp³-hybridized carbons (Fsp3) is 0.727. The molecule has 3 nitrogen and oxygen atoms in total. The molecule has 1 aromatic heterocycles. The highest BCUT2D eigenvalue weighted by molar-refractivity contribution is 5.35. The Hall–Kier alpha value is -0.990. The van der Waals surface area contributed by atoms with Gasteiger partial charge >= 0.3 is 0 Å². The minimum absolute atomic E-state index is 1.01. The number of anilines is 1. The van der Waals surface area contributed by atoms with Crippen molar-refractivity contribution in [2.75, 3.05) is 12.4 Å². The number of hydrogen-bond acceptors (Lipinski definition) is 2. The van der Waals surface area contributed by atoms with Crippen LogP contribution in [-0.4, -0.2) is 16.8 Å². The molecule has 0 aliphatic carbocycles. The van der Waals surface area contributed by atoms with E-state index in [0.717, 1.165) is 18.1 Å². The molecule has 0 fully saturated rings. The Kier molecular flexibility index (Phi) is 6.89. The highest BCUT2D eigenvalue weighted by Crippen LogP contribution is 2.09. The van der Waals surface area contributed by atoms with Crippen LogP contribution in [0.4, 0.5) is 5.82 Å².